The predicted octanol–water partition coefficient (Wildman–Crippen LogP) is 3.28. The maximum Gasteiger partial charge on any atom is 0.421 e. The molecule has 1 aliphatic rings. The van der Waals surface area contributed by atoms with Crippen molar-refractivity contribution in [3.8, 4) is 5.75 Å². The number of alkyl halides is 3. The van der Waals surface area contributed by atoms with Gasteiger partial charge in [0.25, 0.3) is 10.0 Å². The number of epoxide rings is 1. The number of anilines is 1. The highest BCUT2D eigenvalue weighted by Gasteiger charge is 2.39. The minimum Gasteiger partial charge on any atom is -0.490 e. The SMILES string of the molecule is O=S(=O)(Nc1cccc(OCC2CO2)c1C(F)(F)F)c1ccccc1. The van der Waals surface area contributed by atoms with E-state index in [0.29, 0.717) is 6.61 Å². The molecule has 2 aromatic carbocycles. The summed E-state index contributed by atoms with van der Waals surface area (Å²) in [6, 6.07) is 10.6. The molecule has 25 heavy (non-hydrogen) atoms. The third-order valence-electron chi connectivity index (χ3n) is 3.43. The summed E-state index contributed by atoms with van der Waals surface area (Å²) in [5, 5.41) is 0. The lowest BCUT2D eigenvalue weighted by atomic mass is 10.1. The summed E-state index contributed by atoms with van der Waals surface area (Å²) in [6.45, 7) is 0.402. The third-order valence-corrected chi connectivity index (χ3v) is 4.82. The monoisotopic (exact) mass is 373 g/mol. The van der Waals surface area contributed by atoms with Crippen LogP contribution in [0.2, 0.25) is 0 Å². The van der Waals surface area contributed by atoms with Crippen LogP contribution in [0.15, 0.2) is 53.4 Å². The lowest BCUT2D eigenvalue weighted by molar-refractivity contribution is -0.138. The van der Waals surface area contributed by atoms with Crippen LogP contribution in [-0.2, 0) is 20.9 Å². The standard InChI is InChI=1S/C16H14F3NO4S/c17-16(18,19)15-13(7-4-8-14(15)24-10-11-9-23-11)20-25(21,22)12-5-2-1-3-6-12/h1-8,11,20H,9-10H2. The van der Waals surface area contributed by atoms with Crippen molar-refractivity contribution in [3.05, 3.63) is 54.1 Å². The minimum absolute atomic E-state index is 0.0298. The molecule has 0 saturated carbocycles. The van der Waals surface area contributed by atoms with Gasteiger partial charge in [0.1, 0.15) is 24.0 Å². The van der Waals surface area contributed by atoms with E-state index < -0.39 is 33.2 Å². The van der Waals surface area contributed by atoms with Gasteiger partial charge < -0.3 is 9.47 Å². The van der Waals surface area contributed by atoms with Crippen LogP contribution in [-0.4, -0.2) is 27.7 Å². The van der Waals surface area contributed by atoms with Gasteiger partial charge in [-0.05, 0) is 24.3 Å². The fourth-order valence-electron chi connectivity index (χ4n) is 2.18. The predicted molar refractivity (Wildman–Crippen MR) is 83.9 cm³/mol. The molecule has 9 heteroatoms. The summed E-state index contributed by atoms with van der Waals surface area (Å²) in [5.74, 6) is -0.448. The van der Waals surface area contributed by atoms with Gasteiger partial charge in [0.15, 0.2) is 0 Å². The molecule has 1 saturated heterocycles. The number of halogens is 3. The number of benzene rings is 2. The molecule has 0 amide bonds. The van der Waals surface area contributed by atoms with Crippen LogP contribution in [0.5, 0.6) is 5.75 Å². The maximum atomic E-state index is 13.5. The third kappa shape index (κ3) is 4.23. The van der Waals surface area contributed by atoms with Crippen molar-refractivity contribution in [2.75, 3.05) is 17.9 Å². The molecule has 134 valence electrons. The zero-order valence-corrected chi connectivity index (χ0v) is 13.6. The fraction of sp³-hybridized carbons (Fsp3) is 0.250. The van der Waals surface area contributed by atoms with Crippen LogP contribution in [0.25, 0.3) is 0 Å². The molecule has 5 nitrogen and oxygen atoms in total. The smallest absolute Gasteiger partial charge is 0.421 e. The van der Waals surface area contributed by atoms with Gasteiger partial charge in [-0.15, -0.1) is 0 Å². The van der Waals surface area contributed by atoms with Gasteiger partial charge >= 0.3 is 6.18 Å². The number of hydrogen-bond donors (Lipinski definition) is 1. The first-order valence-corrected chi connectivity index (χ1v) is 8.78. The van der Waals surface area contributed by atoms with E-state index in [4.69, 9.17) is 9.47 Å². The number of hydrogen-bond acceptors (Lipinski definition) is 4. The Balaban J connectivity index is 1.96. The zero-order chi connectivity index (χ0) is 18.1. The number of nitrogens with one attached hydrogen (secondary N) is 1. The summed E-state index contributed by atoms with van der Waals surface area (Å²) < 4.78 is 77.2. The second-order valence-corrected chi connectivity index (χ2v) is 7.04. The number of rotatable bonds is 6. The lowest BCUT2D eigenvalue weighted by Gasteiger charge is -2.18. The van der Waals surface area contributed by atoms with Gasteiger partial charge in [-0.25, -0.2) is 8.42 Å². The minimum atomic E-state index is -4.80. The van der Waals surface area contributed by atoms with Crippen molar-refractivity contribution < 1.29 is 31.1 Å². The first-order valence-electron chi connectivity index (χ1n) is 7.30. The Morgan fingerprint density at radius 2 is 1.80 bits per heavy atom. The highest BCUT2D eigenvalue weighted by Crippen LogP contribution is 2.42. The molecule has 0 aromatic heterocycles. The van der Waals surface area contributed by atoms with Crippen LogP contribution < -0.4 is 9.46 Å². The fourth-order valence-corrected chi connectivity index (χ4v) is 3.27. The van der Waals surface area contributed by atoms with Gasteiger partial charge in [-0.2, -0.15) is 13.2 Å². The normalized spacial score (nSPS) is 17.2. The van der Waals surface area contributed by atoms with Crippen molar-refractivity contribution in [1.29, 1.82) is 0 Å². The van der Waals surface area contributed by atoms with Crippen LogP contribution in [0.3, 0.4) is 0 Å². The van der Waals surface area contributed by atoms with Gasteiger partial charge in [0.2, 0.25) is 0 Å². The first kappa shape index (κ1) is 17.6. The van der Waals surface area contributed by atoms with E-state index in [1.165, 1.54) is 30.3 Å². The Bertz CT molecular complexity index is 849. The Morgan fingerprint density at radius 3 is 2.40 bits per heavy atom. The zero-order valence-electron chi connectivity index (χ0n) is 12.8. The Labute approximate surface area is 142 Å². The van der Waals surface area contributed by atoms with Gasteiger partial charge in [-0.1, -0.05) is 24.3 Å². The quantitative estimate of drug-likeness (QED) is 0.789. The molecule has 1 heterocycles. The van der Waals surface area contributed by atoms with Gasteiger partial charge in [0, 0.05) is 0 Å². The average molecular weight is 373 g/mol. The molecule has 1 aliphatic heterocycles. The van der Waals surface area contributed by atoms with Crippen molar-refractivity contribution in [2.45, 2.75) is 17.2 Å². The van der Waals surface area contributed by atoms with E-state index in [2.05, 4.69) is 0 Å². The van der Waals surface area contributed by atoms with Gasteiger partial charge in [-0.3, -0.25) is 4.72 Å². The van der Waals surface area contributed by atoms with Gasteiger partial charge in [0.05, 0.1) is 17.2 Å². The molecule has 0 spiro atoms. The Kier molecular flexibility index (Phi) is 4.61. The molecule has 3 rings (SSSR count). The molecular weight excluding hydrogens is 359 g/mol. The highest BCUT2D eigenvalue weighted by atomic mass is 32.2. The van der Waals surface area contributed by atoms with E-state index in [-0.39, 0.29) is 17.6 Å². The van der Waals surface area contributed by atoms with Crippen LogP contribution >= 0.6 is 0 Å². The van der Waals surface area contributed by atoms with E-state index in [9.17, 15) is 21.6 Å². The maximum absolute atomic E-state index is 13.5. The van der Waals surface area contributed by atoms with Crippen molar-refractivity contribution >= 4 is 15.7 Å². The van der Waals surface area contributed by atoms with E-state index in [0.717, 1.165) is 12.1 Å². The summed E-state index contributed by atoms with van der Waals surface area (Å²) in [6.07, 6.45) is -5.03. The molecule has 1 N–H and O–H groups in total. The van der Waals surface area contributed by atoms with E-state index in [1.807, 2.05) is 4.72 Å². The summed E-state index contributed by atoms with van der Waals surface area (Å²) >= 11 is 0. The molecular formula is C16H14F3NO4S. The van der Waals surface area contributed by atoms with E-state index in [1.54, 1.807) is 6.07 Å². The van der Waals surface area contributed by atoms with Crippen molar-refractivity contribution in [3.63, 3.8) is 0 Å². The molecule has 0 aliphatic carbocycles. The molecule has 1 fully saturated rings. The topological polar surface area (TPSA) is 67.9 Å². The largest absolute Gasteiger partial charge is 0.490 e. The second kappa shape index (κ2) is 6.57. The molecule has 1 unspecified atom stereocenters. The Morgan fingerprint density at radius 1 is 1.12 bits per heavy atom. The summed E-state index contributed by atoms with van der Waals surface area (Å²) in [4.78, 5) is -0.138. The molecule has 0 radical (unpaired) electrons. The average Bonchev–Trinajstić information content (AvgIpc) is 3.36. The summed E-state index contributed by atoms with van der Waals surface area (Å²) in [5.41, 5.74) is -1.76. The molecule has 2 aromatic rings. The Hall–Kier alpha value is -2.26. The first-order chi connectivity index (χ1) is 11.8. The lowest BCUT2D eigenvalue weighted by Crippen LogP contribution is -2.19. The van der Waals surface area contributed by atoms with Crippen LogP contribution in [0, 0.1) is 0 Å². The van der Waals surface area contributed by atoms with E-state index >= 15 is 0 Å². The summed E-state index contributed by atoms with van der Waals surface area (Å²) in [7, 11) is -4.16. The van der Waals surface area contributed by atoms with Crippen LogP contribution in [0.1, 0.15) is 5.56 Å². The molecule has 1 atom stereocenters. The number of ether oxygens (including phenoxy) is 2. The van der Waals surface area contributed by atoms with Crippen molar-refractivity contribution in [1.82, 2.24) is 0 Å². The highest BCUT2D eigenvalue weighted by molar-refractivity contribution is 7.92. The second-order valence-electron chi connectivity index (χ2n) is 5.36. The van der Waals surface area contributed by atoms with Crippen molar-refractivity contribution in [2.24, 2.45) is 0 Å². The number of sulfonamides is 1. The molecule has 0 bridgehead atoms. The van der Waals surface area contributed by atoms with Crippen LogP contribution in [0.4, 0.5) is 18.9 Å².